The van der Waals surface area contributed by atoms with Gasteiger partial charge in [0.2, 0.25) is 0 Å². The van der Waals surface area contributed by atoms with Gasteiger partial charge < -0.3 is 15.2 Å². The summed E-state index contributed by atoms with van der Waals surface area (Å²) in [5.41, 5.74) is 6.45. The van der Waals surface area contributed by atoms with Gasteiger partial charge in [-0.05, 0) is 43.5 Å². The minimum atomic E-state index is -2.68. The zero-order valence-corrected chi connectivity index (χ0v) is 18.2. The molecule has 0 amide bonds. The number of halogens is 2. The molecule has 32 heavy (non-hydrogen) atoms. The molecule has 2 heterocycles. The van der Waals surface area contributed by atoms with E-state index in [1.54, 1.807) is 13.8 Å². The fraction of sp³-hybridized carbons (Fsp3) is 0.333. The van der Waals surface area contributed by atoms with Crippen LogP contribution in [0, 0.1) is 20.8 Å². The maximum Gasteiger partial charge on any atom is 0.333 e. The lowest BCUT2D eigenvalue weighted by Crippen LogP contribution is -2.07. The Morgan fingerprint density at radius 3 is 2.75 bits per heavy atom. The number of aromatic nitrogens is 2. The average Bonchev–Trinajstić information content (AvgIpc) is 3.27. The maximum atomic E-state index is 13.3. The van der Waals surface area contributed by atoms with Crippen molar-refractivity contribution in [2.24, 2.45) is 0 Å². The summed E-state index contributed by atoms with van der Waals surface area (Å²) >= 11 is 0. The van der Waals surface area contributed by atoms with Crippen LogP contribution in [0.2, 0.25) is 0 Å². The topological polar surface area (TPSA) is 76.4 Å². The first-order valence-corrected chi connectivity index (χ1v) is 10.4. The van der Waals surface area contributed by atoms with Gasteiger partial charge in [-0.2, -0.15) is 13.9 Å². The normalized spacial score (nSPS) is 15.0. The van der Waals surface area contributed by atoms with Crippen molar-refractivity contribution in [3.8, 4) is 16.9 Å². The van der Waals surface area contributed by atoms with E-state index in [0.717, 1.165) is 38.2 Å². The van der Waals surface area contributed by atoms with Gasteiger partial charge in [0.05, 0.1) is 18.7 Å². The van der Waals surface area contributed by atoms with Crippen molar-refractivity contribution in [3.05, 3.63) is 64.5 Å². The summed E-state index contributed by atoms with van der Waals surface area (Å²) in [6, 6.07) is 11.6. The Bertz CT molecular complexity index is 1170. The second-order valence-corrected chi connectivity index (χ2v) is 8.07. The number of aryl methyl sites for hydroxylation is 1. The van der Waals surface area contributed by atoms with Crippen LogP contribution in [0.15, 0.2) is 36.4 Å². The molecular formula is C24H25F2N3O3. The molecule has 0 bridgehead atoms. The quantitative estimate of drug-likeness (QED) is 0.511. The smallest absolute Gasteiger partial charge is 0.333 e. The van der Waals surface area contributed by atoms with E-state index < -0.39 is 12.5 Å². The number of carbonyl (C=O) groups is 1. The Morgan fingerprint density at radius 2 is 2.06 bits per heavy atom. The van der Waals surface area contributed by atoms with Crippen molar-refractivity contribution in [1.82, 2.24) is 9.78 Å². The van der Waals surface area contributed by atoms with Gasteiger partial charge in [0.1, 0.15) is 5.75 Å². The molecule has 1 aromatic heterocycles. The van der Waals surface area contributed by atoms with E-state index in [4.69, 9.17) is 9.84 Å². The molecule has 0 saturated heterocycles. The van der Waals surface area contributed by atoms with Crippen LogP contribution in [-0.4, -0.2) is 27.5 Å². The number of ether oxygens (including phenoxy) is 1. The van der Waals surface area contributed by atoms with E-state index in [1.807, 2.05) is 43.3 Å². The predicted molar refractivity (Wildman–Crippen MR) is 117 cm³/mol. The number of carboxylic acid groups (broad SMARTS) is 1. The number of nitrogens with zero attached hydrogens (tertiary/aromatic N) is 2. The third kappa shape index (κ3) is 4.04. The van der Waals surface area contributed by atoms with Crippen molar-refractivity contribution in [2.45, 2.75) is 46.2 Å². The third-order valence-corrected chi connectivity index (χ3v) is 6.02. The van der Waals surface area contributed by atoms with E-state index in [9.17, 15) is 13.6 Å². The molecule has 1 aliphatic rings. The van der Waals surface area contributed by atoms with Crippen molar-refractivity contribution >= 4 is 11.7 Å². The number of benzene rings is 2. The van der Waals surface area contributed by atoms with Crippen LogP contribution in [0.1, 0.15) is 47.0 Å². The molecule has 8 heteroatoms. The van der Waals surface area contributed by atoms with Crippen LogP contribution in [0.25, 0.3) is 11.1 Å². The van der Waals surface area contributed by atoms with Gasteiger partial charge in [0, 0.05) is 41.0 Å². The van der Waals surface area contributed by atoms with Crippen molar-refractivity contribution in [3.63, 3.8) is 0 Å². The Morgan fingerprint density at radius 1 is 1.28 bits per heavy atom. The second kappa shape index (κ2) is 8.61. The molecule has 2 aromatic carbocycles. The lowest BCUT2D eigenvalue weighted by molar-refractivity contribution is -0.137. The number of hydrogen-bond acceptors (Lipinski definition) is 4. The van der Waals surface area contributed by atoms with Gasteiger partial charge in [-0.25, -0.2) is 4.68 Å². The van der Waals surface area contributed by atoms with Crippen molar-refractivity contribution < 1.29 is 23.4 Å². The zero-order chi connectivity index (χ0) is 23.0. The molecule has 0 radical (unpaired) electrons. The number of alkyl halides is 2. The second-order valence-electron chi connectivity index (χ2n) is 8.07. The van der Waals surface area contributed by atoms with Gasteiger partial charge >= 0.3 is 12.5 Å². The largest absolute Gasteiger partial charge is 0.493 e. The van der Waals surface area contributed by atoms with Crippen LogP contribution < -0.4 is 10.1 Å². The summed E-state index contributed by atoms with van der Waals surface area (Å²) in [4.78, 5) is 11.0. The highest BCUT2D eigenvalue weighted by molar-refractivity contribution is 5.73. The number of carboxylic acids is 1. The highest BCUT2D eigenvalue weighted by Gasteiger charge is 2.26. The molecule has 1 aliphatic heterocycles. The molecule has 4 rings (SSSR count). The standard InChI is InChI=1S/C24H25F2N3O3/c1-13-16(5-4-6-19(13)23-14(2)28-29(15(23)3)24(25)26)11-27-18-7-8-20-17(9-22(30)31)12-32-21(20)10-18/h4-8,10,17,24,27H,9,11-12H2,1-3H3,(H,30,31)/t17-/m1/s1. The van der Waals surface area contributed by atoms with Crippen LogP contribution >= 0.6 is 0 Å². The third-order valence-electron chi connectivity index (χ3n) is 6.02. The minimum Gasteiger partial charge on any atom is -0.493 e. The summed E-state index contributed by atoms with van der Waals surface area (Å²) in [6.45, 7) is 3.62. The van der Waals surface area contributed by atoms with Gasteiger partial charge in [-0.1, -0.05) is 24.3 Å². The fourth-order valence-corrected chi connectivity index (χ4v) is 4.35. The first-order chi connectivity index (χ1) is 15.3. The summed E-state index contributed by atoms with van der Waals surface area (Å²) < 4.78 is 33.0. The molecule has 0 spiro atoms. The molecule has 1 atom stereocenters. The van der Waals surface area contributed by atoms with Crippen molar-refractivity contribution in [1.29, 1.82) is 0 Å². The minimum absolute atomic E-state index is 0.0484. The van der Waals surface area contributed by atoms with Gasteiger partial charge in [-0.15, -0.1) is 0 Å². The van der Waals surface area contributed by atoms with E-state index >= 15 is 0 Å². The number of rotatable bonds is 7. The Hall–Kier alpha value is -3.42. The van der Waals surface area contributed by atoms with Crippen LogP contribution in [0.5, 0.6) is 5.75 Å². The van der Waals surface area contributed by atoms with Gasteiger partial charge in [-0.3, -0.25) is 4.79 Å². The number of anilines is 1. The summed E-state index contributed by atoms with van der Waals surface area (Å²) in [5, 5.41) is 16.4. The van der Waals surface area contributed by atoms with Crippen LogP contribution in [0.4, 0.5) is 14.5 Å². The highest BCUT2D eigenvalue weighted by atomic mass is 19.3. The van der Waals surface area contributed by atoms with Gasteiger partial charge in [0.25, 0.3) is 0 Å². The van der Waals surface area contributed by atoms with E-state index in [1.165, 1.54) is 0 Å². The first-order valence-electron chi connectivity index (χ1n) is 10.4. The molecule has 0 saturated carbocycles. The van der Waals surface area contributed by atoms with E-state index in [0.29, 0.717) is 30.3 Å². The summed E-state index contributed by atoms with van der Waals surface area (Å²) in [7, 11) is 0. The predicted octanol–water partition coefficient (Wildman–Crippen LogP) is 5.43. The number of hydrogen-bond donors (Lipinski definition) is 2. The van der Waals surface area contributed by atoms with E-state index in [-0.39, 0.29) is 12.3 Å². The molecule has 0 aliphatic carbocycles. The van der Waals surface area contributed by atoms with Crippen LogP contribution in [-0.2, 0) is 11.3 Å². The maximum absolute atomic E-state index is 13.3. The Kier molecular flexibility index (Phi) is 5.86. The molecule has 2 N–H and O–H groups in total. The van der Waals surface area contributed by atoms with Gasteiger partial charge in [0.15, 0.2) is 0 Å². The Balaban J connectivity index is 1.55. The first kappa shape index (κ1) is 21.8. The number of aliphatic carboxylic acids is 1. The lowest BCUT2D eigenvalue weighted by atomic mass is 9.95. The van der Waals surface area contributed by atoms with Crippen molar-refractivity contribution in [2.75, 3.05) is 11.9 Å². The molecule has 0 fully saturated rings. The lowest BCUT2D eigenvalue weighted by Gasteiger charge is -2.14. The highest BCUT2D eigenvalue weighted by Crippen LogP contribution is 2.38. The summed E-state index contributed by atoms with van der Waals surface area (Å²) in [6.07, 6.45) is 0.0484. The van der Waals surface area contributed by atoms with E-state index in [2.05, 4.69) is 10.4 Å². The summed E-state index contributed by atoms with van der Waals surface area (Å²) in [5.74, 6) is -0.262. The zero-order valence-electron chi connectivity index (χ0n) is 18.2. The SMILES string of the molecule is Cc1nn(C(F)F)c(C)c1-c1cccc(CNc2ccc3c(c2)OC[C@H]3CC(=O)O)c1C. The molecule has 0 unspecified atom stereocenters. The molecule has 3 aromatic rings. The fourth-order valence-electron chi connectivity index (χ4n) is 4.35. The molecular weight excluding hydrogens is 416 g/mol. The Labute approximate surface area is 184 Å². The number of fused-ring (bicyclic) bond motifs is 1. The average molecular weight is 441 g/mol. The number of nitrogens with one attached hydrogen (secondary N) is 1. The van der Waals surface area contributed by atoms with Crippen LogP contribution in [0.3, 0.4) is 0 Å². The molecule has 168 valence electrons. The monoisotopic (exact) mass is 441 g/mol. The molecule has 6 nitrogen and oxygen atoms in total.